The molecule has 0 spiro atoms. The number of amides is 1. The van der Waals surface area contributed by atoms with Gasteiger partial charge in [-0.2, -0.15) is 4.31 Å². The lowest BCUT2D eigenvalue weighted by Crippen LogP contribution is -2.41. The lowest BCUT2D eigenvalue weighted by Gasteiger charge is -2.25. The number of hydrogen-bond acceptors (Lipinski definition) is 4. The molecule has 1 unspecified atom stereocenters. The van der Waals surface area contributed by atoms with Crippen LogP contribution in [0.3, 0.4) is 0 Å². The van der Waals surface area contributed by atoms with Gasteiger partial charge in [-0.1, -0.05) is 18.6 Å². The van der Waals surface area contributed by atoms with Crippen molar-refractivity contribution in [1.29, 1.82) is 0 Å². The first-order chi connectivity index (χ1) is 12.5. The maximum atomic E-state index is 12.6. The molecule has 26 heavy (non-hydrogen) atoms. The van der Waals surface area contributed by atoms with Gasteiger partial charge >= 0.3 is 0 Å². The molecule has 3 rings (SSSR count). The molecule has 6 nitrogen and oxygen atoms in total. The Morgan fingerprint density at radius 2 is 1.81 bits per heavy atom. The first kappa shape index (κ1) is 19.3. The number of carbonyl (C=O) groups excluding carboxylic acids is 1. The second kappa shape index (κ2) is 8.50. The summed E-state index contributed by atoms with van der Waals surface area (Å²) in [6.07, 6.45) is 6.23. The van der Waals surface area contributed by atoms with Crippen molar-refractivity contribution in [2.45, 2.75) is 55.9 Å². The summed E-state index contributed by atoms with van der Waals surface area (Å²) in [6, 6.07) is 7.03. The Morgan fingerprint density at radius 1 is 1.15 bits per heavy atom. The predicted molar refractivity (Wildman–Crippen MR) is 101 cm³/mol. The third kappa shape index (κ3) is 4.84. The maximum Gasteiger partial charge on any atom is 0.243 e. The summed E-state index contributed by atoms with van der Waals surface area (Å²) in [5, 5.41) is 3.01. The molecule has 1 saturated heterocycles. The number of hydrogen-bond donors (Lipinski definition) is 2. The number of rotatable bonds is 8. The van der Waals surface area contributed by atoms with E-state index in [2.05, 4.69) is 5.32 Å². The molecule has 2 aliphatic rings. The first-order valence-corrected chi connectivity index (χ1v) is 11.0. The molecule has 1 saturated carbocycles. The van der Waals surface area contributed by atoms with Gasteiger partial charge in [0.05, 0.1) is 4.90 Å². The molecule has 144 valence electrons. The highest BCUT2D eigenvalue weighted by atomic mass is 32.2. The van der Waals surface area contributed by atoms with Crippen LogP contribution in [0, 0.1) is 5.92 Å². The van der Waals surface area contributed by atoms with Crippen molar-refractivity contribution in [2.24, 2.45) is 11.7 Å². The summed E-state index contributed by atoms with van der Waals surface area (Å²) in [5.41, 5.74) is 6.68. The number of carbonyl (C=O) groups is 1. The average Bonchev–Trinajstić information content (AvgIpc) is 3.50. The van der Waals surface area contributed by atoms with E-state index >= 15 is 0 Å². The van der Waals surface area contributed by atoms with Crippen LogP contribution in [0.1, 0.15) is 44.1 Å². The number of piperidine rings is 1. The predicted octanol–water partition coefficient (Wildman–Crippen LogP) is 1.65. The standard InChI is InChI=1S/C19H29N3O3S/c20-14-18(16-7-8-16)21-19(23)11-6-15-4-9-17(10-5-15)26(24,25)22-12-2-1-3-13-22/h4-5,9-10,16,18H,1-3,6-8,11-14,20H2,(H,21,23). The molecular formula is C19H29N3O3S. The number of aryl methyl sites for hydroxylation is 1. The minimum Gasteiger partial charge on any atom is -0.352 e. The third-order valence-electron chi connectivity index (χ3n) is 5.31. The maximum absolute atomic E-state index is 12.6. The fraction of sp³-hybridized carbons (Fsp3) is 0.632. The van der Waals surface area contributed by atoms with Gasteiger partial charge < -0.3 is 11.1 Å². The molecular weight excluding hydrogens is 350 g/mol. The van der Waals surface area contributed by atoms with E-state index in [9.17, 15) is 13.2 Å². The molecule has 1 amide bonds. The highest BCUT2D eigenvalue weighted by Crippen LogP contribution is 2.32. The summed E-state index contributed by atoms with van der Waals surface area (Å²) < 4.78 is 26.9. The largest absolute Gasteiger partial charge is 0.352 e. The Hall–Kier alpha value is -1.44. The molecule has 0 bridgehead atoms. The van der Waals surface area contributed by atoms with Crippen molar-refractivity contribution in [3.8, 4) is 0 Å². The van der Waals surface area contributed by atoms with Gasteiger partial charge in [0.1, 0.15) is 0 Å². The van der Waals surface area contributed by atoms with Crippen LogP contribution in [0.15, 0.2) is 29.2 Å². The summed E-state index contributed by atoms with van der Waals surface area (Å²) in [5.74, 6) is 0.556. The zero-order valence-corrected chi connectivity index (χ0v) is 16.0. The molecule has 0 radical (unpaired) electrons. The van der Waals surface area contributed by atoms with E-state index in [0.29, 0.717) is 43.3 Å². The minimum atomic E-state index is -3.39. The molecule has 7 heteroatoms. The summed E-state index contributed by atoms with van der Waals surface area (Å²) >= 11 is 0. The second-order valence-corrected chi connectivity index (χ2v) is 9.29. The fourth-order valence-corrected chi connectivity index (χ4v) is 5.00. The van der Waals surface area contributed by atoms with Gasteiger partial charge in [-0.15, -0.1) is 0 Å². The van der Waals surface area contributed by atoms with E-state index in [4.69, 9.17) is 5.73 Å². The van der Waals surface area contributed by atoms with Crippen molar-refractivity contribution < 1.29 is 13.2 Å². The fourth-order valence-electron chi connectivity index (χ4n) is 3.49. The Balaban J connectivity index is 1.53. The van der Waals surface area contributed by atoms with E-state index in [1.54, 1.807) is 16.4 Å². The molecule has 0 aromatic heterocycles. The molecule has 2 fully saturated rings. The molecule has 1 atom stereocenters. The smallest absolute Gasteiger partial charge is 0.243 e. The van der Waals surface area contributed by atoms with Gasteiger partial charge in [0.15, 0.2) is 0 Å². The Morgan fingerprint density at radius 3 is 2.38 bits per heavy atom. The topological polar surface area (TPSA) is 92.5 Å². The monoisotopic (exact) mass is 379 g/mol. The Bertz CT molecular complexity index is 708. The lowest BCUT2D eigenvalue weighted by atomic mass is 10.1. The minimum absolute atomic E-state index is 0.0114. The third-order valence-corrected chi connectivity index (χ3v) is 7.22. The van der Waals surface area contributed by atoms with Crippen LogP contribution < -0.4 is 11.1 Å². The number of nitrogens with one attached hydrogen (secondary N) is 1. The Kier molecular flexibility index (Phi) is 6.32. The zero-order chi connectivity index (χ0) is 18.6. The molecule has 3 N–H and O–H groups in total. The molecule has 1 aliphatic heterocycles. The number of nitrogens with zero attached hydrogens (tertiary/aromatic N) is 1. The number of nitrogens with two attached hydrogens (primary N) is 1. The molecule has 1 aromatic carbocycles. The highest BCUT2D eigenvalue weighted by Gasteiger charge is 2.31. The van der Waals surface area contributed by atoms with Crippen LogP contribution in [0.5, 0.6) is 0 Å². The van der Waals surface area contributed by atoms with E-state index < -0.39 is 10.0 Å². The van der Waals surface area contributed by atoms with Crippen LogP contribution in [0.4, 0.5) is 0 Å². The number of sulfonamides is 1. The van der Waals surface area contributed by atoms with E-state index in [-0.39, 0.29) is 11.9 Å². The number of benzene rings is 1. The van der Waals surface area contributed by atoms with Crippen molar-refractivity contribution in [3.05, 3.63) is 29.8 Å². The van der Waals surface area contributed by atoms with Gasteiger partial charge in [0.25, 0.3) is 0 Å². The van der Waals surface area contributed by atoms with E-state index in [1.807, 2.05) is 12.1 Å². The van der Waals surface area contributed by atoms with Crippen LogP contribution in [-0.4, -0.2) is 44.3 Å². The average molecular weight is 380 g/mol. The normalized spacial score (nSPS) is 19.9. The van der Waals surface area contributed by atoms with Gasteiger partial charge in [0.2, 0.25) is 15.9 Å². The van der Waals surface area contributed by atoms with Crippen LogP contribution in [0.25, 0.3) is 0 Å². The van der Waals surface area contributed by atoms with Crippen molar-refractivity contribution in [2.75, 3.05) is 19.6 Å². The SMILES string of the molecule is NCC(NC(=O)CCc1ccc(S(=O)(=O)N2CCCCC2)cc1)C1CC1. The first-order valence-electron chi connectivity index (χ1n) is 9.59. The van der Waals surface area contributed by atoms with E-state index in [1.165, 1.54) is 0 Å². The highest BCUT2D eigenvalue weighted by molar-refractivity contribution is 7.89. The van der Waals surface area contributed by atoms with Gasteiger partial charge in [0, 0.05) is 32.1 Å². The quantitative estimate of drug-likeness (QED) is 0.718. The van der Waals surface area contributed by atoms with Crippen molar-refractivity contribution in [1.82, 2.24) is 9.62 Å². The summed E-state index contributed by atoms with van der Waals surface area (Å²) in [6.45, 7) is 1.70. The van der Waals surface area contributed by atoms with Gasteiger partial charge in [-0.3, -0.25) is 4.79 Å². The molecule has 1 aromatic rings. The van der Waals surface area contributed by atoms with Crippen molar-refractivity contribution >= 4 is 15.9 Å². The van der Waals surface area contributed by atoms with Crippen molar-refractivity contribution in [3.63, 3.8) is 0 Å². The van der Waals surface area contributed by atoms with Crippen LogP contribution in [-0.2, 0) is 21.2 Å². The van der Waals surface area contributed by atoms with Gasteiger partial charge in [-0.05, 0) is 55.7 Å². The molecule has 1 heterocycles. The summed E-state index contributed by atoms with van der Waals surface area (Å²) in [7, 11) is -3.39. The lowest BCUT2D eigenvalue weighted by molar-refractivity contribution is -0.121. The molecule has 1 aliphatic carbocycles. The van der Waals surface area contributed by atoms with E-state index in [0.717, 1.165) is 37.7 Å². The zero-order valence-electron chi connectivity index (χ0n) is 15.2. The second-order valence-electron chi connectivity index (χ2n) is 7.36. The van der Waals surface area contributed by atoms with Crippen LogP contribution >= 0.6 is 0 Å². The van der Waals surface area contributed by atoms with Crippen LogP contribution in [0.2, 0.25) is 0 Å². The summed E-state index contributed by atoms with van der Waals surface area (Å²) in [4.78, 5) is 12.4. The Labute approximate surface area is 156 Å². The van der Waals surface area contributed by atoms with Gasteiger partial charge in [-0.25, -0.2) is 8.42 Å².